The van der Waals surface area contributed by atoms with Crippen LogP contribution in [0.25, 0.3) is 0 Å². The molecule has 0 aliphatic rings. The summed E-state index contributed by atoms with van der Waals surface area (Å²) in [6.07, 6.45) is 1.56. The van der Waals surface area contributed by atoms with E-state index in [1.807, 2.05) is 6.92 Å². The van der Waals surface area contributed by atoms with Crippen molar-refractivity contribution in [3.8, 4) is 0 Å². The number of nitrogens with one attached hydrogen (secondary N) is 1. The van der Waals surface area contributed by atoms with E-state index in [2.05, 4.69) is 9.82 Å². The number of sulfonamides is 1. The second kappa shape index (κ2) is 7.88. The maximum atomic E-state index is 12.6. The van der Waals surface area contributed by atoms with Crippen molar-refractivity contribution >= 4 is 10.0 Å². The summed E-state index contributed by atoms with van der Waals surface area (Å²) in [4.78, 5) is 0.188. The molecule has 0 aromatic carbocycles. The molecule has 0 spiro atoms. The molecule has 0 saturated carbocycles. The van der Waals surface area contributed by atoms with Crippen LogP contribution >= 0.6 is 0 Å². The highest BCUT2D eigenvalue weighted by Crippen LogP contribution is 2.20. The summed E-state index contributed by atoms with van der Waals surface area (Å²) in [5.74, 6) is 0. The van der Waals surface area contributed by atoms with Crippen molar-refractivity contribution in [1.29, 1.82) is 0 Å². The smallest absolute Gasteiger partial charge is 0.244 e. The zero-order chi connectivity index (χ0) is 16.0. The van der Waals surface area contributed by atoms with E-state index >= 15 is 0 Å². The molecule has 8 heteroatoms. The van der Waals surface area contributed by atoms with Gasteiger partial charge in [0.15, 0.2) is 0 Å². The summed E-state index contributed by atoms with van der Waals surface area (Å²) < 4.78 is 34.4. The average molecular weight is 319 g/mol. The van der Waals surface area contributed by atoms with Crippen molar-refractivity contribution < 1.29 is 18.3 Å². The molecule has 1 unspecified atom stereocenters. The second-order valence-electron chi connectivity index (χ2n) is 5.01. The number of methoxy groups -OCH3 is 1. The molecular weight excluding hydrogens is 294 g/mol. The van der Waals surface area contributed by atoms with E-state index in [1.165, 1.54) is 4.68 Å². The Kier molecular flexibility index (Phi) is 6.79. The van der Waals surface area contributed by atoms with Crippen LogP contribution in [-0.2, 0) is 21.3 Å². The molecule has 2 N–H and O–H groups in total. The normalized spacial score (nSPS) is 13.6. The number of aromatic nitrogens is 2. The predicted molar refractivity (Wildman–Crippen MR) is 79.7 cm³/mol. The topological polar surface area (TPSA) is 93.5 Å². The summed E-state index contributed by atoms with van der Waals surface area (Å²) in [6, 6.07) is -0.259. The second-order valence-corrected chi connectivity index (χ2v) is 6.66. The minimum Gasteiger partial charge on any atom is -0.394 e. The SMILES string of the molecule is CCCC(COC)NS(=O)(=O)c1c(C)nn(CCO)c1C. The van der Waals surface area contributed by atoms with E-state index in [0.717, 1.165) is 6.42 Å². The Hall–Kier alpha value is -0.960. The molecular formula is C13H25N3O4S. The maximum absolute atomic E-state index is 12.6. The quantitative estimate of drug-likeness (QED) is 0.695. The molecule has 1 heterocycles. The zero-order valence-corrected chi connectivity index (χ0v) is 13.9. The van der Waals surface area contributed by atoms with Gasteiger partial charge in [-0.2, -0.15) is 5.10 Å². The molecule has 0 fully saturated rings. The van der Waals surface area contributed by atoms with E-state index in [-0.39, 0.29) is 24.1 Å². The van der Waals surface area contributed by atoms with Crippen molar-refractivity contribution in [1.82, 2.24) is 14.5 Å². The Balaban J connectivity index is 3.07. The van der Waals surface area contributed by atoms with E-state index in [9.17, 15) is 8.42 Å². The molecule has 0 aliphatic heterocycles. The number of aliphatic hydroxyl groups is 1. The Labute approximate surface area is 126 Å². The molecule has 0 saturated heterocycles. The molecule has 1 aromatic heterocycles. The molecule has 0 bridgehead atoms. The minimum atomic E-state index is -3.66. The van der Waals surface area contributed by atoms with Gasteiger partial charge in [-0.25, -0.2) is 13.1 Å². The van der Waals surface area contributed by atoms with Gasteiger partial charge in [0.1, 0.15) is 4.90 Å². The van der Waals surface area contributed by atoms with Gasteiger partial charge in [-0.3, -0.25) is 4.68 Å². The molecule has 0 radical (unpaired) electrons. The molecule has 0 amide bonds. The highest BCUT2D eigenvalue weighted by atomic mass is 32.2. The molecule has 1 rings (SSSR count). The van der Waals surface area contributed by atoms with E-state index in [4.69, 9.17) is 9.84 Å². The number of aryl methyl sites for hydroxylation is 1. The first-order chi connectivity index (χ1) is 9.87. The fourth-order valence-electron chi connectivity index (χ4n) is 2.39. The number of hydrogen-bond acceptors (Lipinski definition) is 5. The first-order valence-electron chi connectivity index (χ1n) is 7.03. The number of hydrogen-bond donors (Lipinski definition) is 2. The van der Waals surface area contributed by atoms with Crippen LogP contribution in [0.4, 0.5) is 0 Å². The highest BCUT2D eigenvalue weighted by Gasteiger charge is 2.27. The summed E-state index contributed by atoms with van der Waals surface area (Å²) >= 11 is 0. The van der Waals surface area contributed by atoms with Crippen molar-refractivity contribution in [2.45, 2.75) is 51.1 Å². The molecule has 1 aromatic rings. The van der Waals surface area contributed by atoms with Crippen LogP contribution in [-0.4, -0.2) is 49.7 Å². The van der Waals surface area contributed by atoms with Gasteiger partial charge in [-0.05, 0) is 20.3 Å². The van der Waals surface area contributed by atoms with Gasteiger partial charge in [0.25, 0.3) is 0 Å². The largest absolute Gasteiger partial charge is 0.394 e. The van der Waals surface area contributed by atoms with Crippen LogP contribution in [0.3, 0.4) is 0 Å². The lowest BCUT2D eigenvalue weighted by Gasteiger charge is -2.17. The standard InChI is InChI=1S/C13H25N3O4S/c1-5-6-12(9-20-4)15-21(18,19)13-10(2)14-16(7-8-17)11(13)3/h12,15,17H,5-9H2,1-4H3. The Morgan fingerprint density at radius 1 is 1.43 bits per heavy atom. The third-order valence-corrected chi connectivity index (χ3v) is 4.99. The average Bonchev–Trinajstić information content (AvgIpc) is 2.65. The summed E-state index contributed by atoms with van der Waals surface area (Å²) in [5.41, 5.74) is 0.961. The highest BCUT2D eigenvalue weighted by molar-refractivity contribution is 7.89. The van der Waals surface area contributed by atoms with Gasteiger partial charge >= 0.3 is 0 Å². The van der Waals surface area contributed by atoms with Crippen molar-refractivity contribution in [3.05, 3.63) is 11.4 Å². The lowest BCUT2D eigenvalue weighted by Crippen LogP contribution is -2.38. The maximum Gasteiger partial charge on any atom is 0.244 e. The third-order valence-electron chi connectivity index (χ3n) is 3.22. The zero-order valence-electron chi connectivity index (χ0n) is 13.1. The van der Waals surface area contributed by atoms with Crippen LogP contribution in [0.15, 0.2) is 4.90 Å². The molecule has 21 heavy (non-hydrogen) atoms. The first kappa shape index (κ1) is 18.1. The summed E-state index contributed by atoms with van der Waals surface area (Å²) in [6.45, 7) is 5.86. The monoisotopic (exact) mass is 319 g/mol. The van der Waals surface area contributed by atoms with Crippen molar-refractivity contribution in [3.63, 3.8) is 0 Å². The van der Waals surface area contributed by atoms with Crippen molar-refractivity contribution in [2.75, 3.05) is 20.3 Å². The Bertz CT molecular complexity index is 548. The van der Waals surface area contributed by atoms with Crippen LogP contribution in [0.1, 0.15) is 31.2 Å². The van der Waals surface area contributed by atoms with Crippen LogP contribution in [0, 0.1) is 13.8 Å². The number of aliphatic hydroxyl groups excluding tert-OH is 1. The van der Waals surface area contributed by atoms with E-state index in [1.54, 1.807) is 21.0 Å². The minimum absolute atomic E-state index is 0.0863. The molecule has 7 nitrogen and oxygen atoms in total. The lowest BCUT2D eigenvalue weighted by molar-refractivity contribution is 0.171. The lowest BCUT2D eigenvalue weighted by atomic mass is 10.2. The van der Waals surface area contributed by atoms with Gasteiger partial charge in [-0.15, -0.1) is 0 Å². The molecule has 122 valence electrons. The fourth-order valence-corrected chi connectivity index (χ4v) is 4.05. The summed E-state index contributed by atoms with van der Waals surface area (Å²) in [5, 5.41) is 13.2. The Morgan fingerprint density at radius 2 is 2.10 bits per heavy atom. The Morgan fingerprint density at radius 3 is 2.62 bits per heavy atom. The van der Waals surface area contributed by atoms with Gasteiger partial charge in [-0.1, -0.05) is 13.3 Å². The number of ether oxygens (including phenoxy) is 1. The molecule has 0 aliphatic carbocycles. The van der Waals surface area contributed by atoms with E-state index < -0.39 is 10.0 Å². The summed E-state index contributed by atoms with van der Waals surface area (Å²) in [7, 11) is -2.11. The fraction of sp³-hybridized carbons (Fsp3) is 0.769. The number of rotatable bonds is 9. The van der Waals surface area contributed by atoms with Crippen LogP contribution in [0.5, 0.6) is 0 Å². The van der Waals surface area contributed by atoms with Gasteiger partial charge in [0.05, 0.1) is 31.1 Å². The van der Waals surface area contributed by atoms with Crippen LogP contribution < -0.4 is 4.72 Å². The van der Waals surface area contributed by atoms with Crippen molar-refractivity contribution in [2.24, 2.45) is 0 Å². The predicted octanol–water partition coefficient (Wildman–Crippen LogP) is 0.586. The van der Waals surface area contributed by atoms with Gasteiger partial charge in [0.2, 0.25) is 10.0 Å². The van der Waals surface area contributed by atoms with Gasteiger partial charge < -0.3 is 9.84 Å². The first-order valence-corrected chi connectivity index (χ1v) is 8.51. The molecule has 1 atom stereocenters. The third kappa shape index (κ3) is 4.50. The number of nitrogens with zero attached hydrogens (tertiary/aromatic N) is 2. The van der Waals surface area contributed by atoms with Crippen LogP contribution in [0.2, 0.25) is 0 Å². The van der Waals surface area contributed by atoms with E-state index in [0.29, 0.717) is 24.4 Å². The van der Waals surface area contributed by atoms with Gasteiger partial charge in [0, 0.05) is 13.2 Å².